The minimum Gasteiger partial charge on any atom is -0.357 e. The Morgan fingerprint density at radius 2 is 2.33 bits per heavy atom. The van der Waals surface area contributed by atoms with Crippen LogP contribution in [-0.4, -0.2) is 18.5 Å². The highest BCUT2D eigenvalue weighted by atomic mass is 16.1. The van der Waals surface area contributed by atoms with Crippen molar-refractivity contribution in [2.75, 3.05) is 6.54 Å². The van der Waals surface area contributed by atoms with Gasteiger partial charge in [0.1, 0.15) is 0 Å². The first kappa shape index (κ1) is 6.55. The lowest BCUT2D eigenvalue weighted by molar-refractivity contribution is -0.109. The molecule has 0 unspecified atom stereocenters. The smallest absolute Gasteiger partial charge is 0.207 e. The van der Waals surface area contributed by atoms with Gasteiger partial charge in [-0.3, -0.25) is 4.79 Å². The van der Waals surface area contributed by atoms with Crippen LogP contribution in [-0.2, 0) is 4.79 Å². The van der Waals surface area contributed by atoms with E-state index < -0.39 is 0 Å². The molecule has 0 atom stereocenters. The van der Waals surface area contributed by atoms with Crippen LogP contribution >= 0.6 is 0 Å². The maximum atomic E-state index is 9.82. The number of rotatable bonds is 3. The average molecular weight is 128 g/mol. The highest BCUT2D eigenvalue weighted by molar-refractivity contribution is 5.46. The third kappa shape index (κ3) is 1.42. The third-order valence-corrected chi connectivity index (χ3v) is 1.89. The molecule has 1 rings (SSSR count). The summed E-state index contributed by atoms with van der Waals surface area (Å²) in [4.78, 5) is 9.82. The van der Waals surface area contributed by atoms with Gasteiger partial charge < -0.3 is 11.1 Å². The second-order valence-electron chi connectivity index (χ2n) is 2.71. The summed E-state index contributed by atoms with van der Waals surface area (Å²) in [6.45, 7) is 0.635. The van der Waals surface area contributed by atoms with E-state index in [1.165, 1.54) is 6.42 Å². The molecule has 3 nitrogen and oxygen atoms in total. The lowest BCUT2D eigenvalue weighted by Gasteiger charge is -2.37. The Labute approximate surface area is 54.6 Å². The summed E-state index contributed by atoms with van der Waals surface area (Å²) < 4.78 is 0. The van der Waals surface area contributed by atoms with Gasteiger partial charge in [0.2, 0.25) is 6.41 Å². The van der Waals surface area contributed by atoms with E-state index in [0.717, 1.165) is 12.8 Å². The van der Waals surface area contributed by atoms with E-state index in [2.05, 4.69) is 5.32 Å². The molecular weight excluding hydrogens is 116 g/mol. The minimum absolute atomic E-state index is 0.0685. The van der Waals surface area contributed by atoms with E-state index in [0.29, 0.717) is 13.0 Å². The first-order valence-corrected chi connectivity index (χ1v) is 3.23. The molecule has 1 amide bonds. The summed E-state index contributed by atoms with van der Waals surface area (Å²) in [5, 5.41) is 2.59. The van der Waals surface area contributed by atoms with Crippen LogP contribution in [0, 0.1) is 0 Å². The number of nitrogens with one attached hydrogen (secondary N) is 1. The molecule has 1 fully saturated rings. The molecule has 1 aliphatic rings. The van der Waals surface area contributed by atoms with E-state index in [1.54, 1.807) is 0 Å². The van der Waals surface area contributed by atoms with Gasteiger partial charge in [-0.05, 0) is 19.3 Å². The van der Waals surface area contributed by atoms with E-state index in [4.69, 9.17) is 5.73 Å². The van der Waals surface area contributed by atoms with Gasteiger partial charge in [0.15, 0.2) is 0 Å². The fourth-order valence-electron chi connectivity index (χ4n) is 1.05. The SMILES string of the molecule is NC1(CNC=O)CCC1. The molecule has 0 radical (unpaired) electrons. The van der Waals surface area contributed by atoms with Crippen LogP contribution in [0.1, 0.15) is 19.3 Å². The summed E-state index contributed by atoms with van der Waals surface area (Å²) in [7, 11) is 0. The van der Waals surface area contributed by atoms with Crippen molar-refractivity contribution in [3.8, 4) is 0 Å². The van der Waals surface area contributed by atoms with Crippen LogP contribution in [0.5, 0.6) is 0 Å². The molecule has 3 heteroatoms. The maximum Gasteiger partial charge on any atom is 0.207 e. The Bertz CT molecular complexity index is 110. The van der Waals surface area contributed by atoms with Crippen LogP contribution in [0.15, 0.2) is 0 Å². The monoisotopic (exact) mass is 128 g/mol. The van der Waals surface area contributed by atoms with E-state index in [1.807, 2.05) is 0 Å². The second-order valence-corrected chi connectivity index (χ2v) is 2.71. The van der Waals surface area contributed by atoms with Crippen LogP contribution in [0.4, 0.5) is 0 Å². The summed E-state index contributed by atoms with van der Waals surface area (Å²) in [5.41, 5.74) is 5.70. The first-order valence-electron chi connectivity index (χ1n) is 3.23. The topological polar surface area (TPSA) is 55.1 Å². The van der Waals surface area contributed by atoms with Crippen molar-refractivity contribution in [1.29, 1.82) is 0 Å². The predicted octanol–water partition coefficient (Wildman–Crippen LogP) is -0.386. The van der Waals surface area contributed by atoms with E-state index in [-0.39, 0.29) is 5.54 Å². The molecule has 0 aromatic heterocycles. The highest BCUT2D eigenvalue weighted by Crippen LogP contribution is 2.27. The van der Waals surface area contributed by atoms with Crippen molar-refractivity contribution in [1.82, 2.24) is 5.32 Å². The van der Waals surface area contributed by atoms with Crippen molar-refractivity contribution in [2.45, 2.75) is 24.8 Å². The van der Waals surface area contributed by atoms with Crippen molar-refractivity contribution >= 4 is 6.41 Å². The van der Waals surface area contributed by atoms with Gasteiger partial charge in [-0.2, -0.15) is 0 Å². The van der Waals surface area contributed by atoms with Crippen LogP contribution < -0.4 is 11.1 Å². The van der Waals surface area contributed by atoms with Crippen LogP contribution in [0.3, 0.4) is 0 Å². The van der Waals surface area contributed by atoms with Crippen molar-refractivity contribution in [2.24, 2.45) is 5.73 Å². The number of carbonyl (C=O) groups excluding carboxylic acids is 1. The van der Waals surface area contributed by atoms with Crippen LogP contribution in [0.2, 0.25) is 0 Å². The van der Waals surface area contributed by atoms with Gasteiger partial charge in [0.05, 0.1) is 0 Å². The van der Waals surface area contributed by atoms with Gasteiger partial charge in [-0.1, -0.05) is 0 Å². The molecule has 0 aromatic rings. The third-order valence-electron chi connectivity index (χ3n) is 1.89. The molecule has 1 aliphatic carbocycles. The Morgan fingerprint density at radius 1 is 1.67 bits per heavy atom. The summed E-state index contributed by atoms with van der Waals surface area (Å²) in [6, 6.07) is 0. The Kier molecular flexibility index (Phi) is 1.71. The Hall–Kier alpha value is -0.570. The molecule has 0 bridgehead atoms. The molecule has 0 aliphatic heterocycles. The number of amides is 1. The van der Waals surface area contributed by atoms with Gasteiger partial charge in [0, 0.05) is 12.1 Å². The Balaban J connectivity index is 2.16. The van der Waals surface area contributed by atoms with Crippen molar-refractivity contribution in [3.63, 3.8) is 0 Å². The molecule has 0 aromatic carbocycles. The minimum atomic E-state index is -0.0685. The summed E-state index contributed by atoms with van der Waals surface area (Å²) in [5.74, 6) is 0. The maximum absolute atomic E-state index is 9.82. The fraction of sp³-hybridized carbons (Fsp3) is 0.833. The summed E-state index contributed by atoms with van der Waals surface area (Å²) >= 11 is 0. The molecule has 0 saturated heterocycles. The van der Waals surface area contributed by atoms with Gasteiger partial charge in [0.25, 0.3) is 0 Å². The van der Waals surface area contributed by atoms with Gasteiger partial charge >= 0.3 is 0 Å². The first-order chi connectivity index (χ1) is 4.27. The van der Waals surface area contributed by atoms with Crippen molar-refractivity contribution < 1.29 is 4.79 Å². The quantitative estimate of drug-likeness (QED) is 0.509. The molecule has 3 N–H and O–H groups in total. The molecular formula is C6H12N2O. The van der Waals surface area contributed by atoms with Crippen molar-refractivity contribution in [3.05, 3.63) is 0 Å². The molecule has 0 spiro atoms. The zero-order valence-electron chi connectivity index (χ0n) is 5.39. The normalized spacial score (nSPS) is 22.3. The zero-order valence-corrected chi connectivity index (χ0v) is 5.39. The molecule has 52 valence electrons. The largest absolute Gasteiger partial charge is 0.357 e. The second kappa shape index (κ2) is 2.35. The van der Waals surface area contributed by atoms with E-state index >= 15 is 0 Å². The van der Waals surface area contributed by atoms with Crippen LogP contribution in [0.25, 0.3) is 0 Å². The average Bonchev–Trinajstić information content (AvgIpc) is 1.79. The highest BCUT2D eigenvalue weighted by Gasteiger charge is 2.31. The number of hydrogen-bond donors (Lipinski definition) is 2. The van der Waals surface area contributed by atoms with Gasteiger partial charge in [-0.25, -0.2) is 0 Å². The zero-order chi connectivity index (χ0) is 6.74. The predicted molar refractivity (Wildman–Crippen MR) is 34.8 cm³/mol. The molecule has 1 saturated carbocycles. The Morgan fingerprint density at radius 3 is 2.67 bits per heavy atom. The van der Waals surface area contributed by atoms with E-state index in [9.17, 15) is 4.79 Å². The number of nitrogens with two attached hydrogens (primary N) is 1. The summed E-state index contributed by atoms with van der Waals surface area (Å²) in [6.07, 6.45) is 4.01. The molecule has 0 heterocycles. The standard InChI is InChI=1S/C6H12N2O/c7-6(2-1-3-6)4-8-5-9/h5H,1-4,7H2,(H,8,9). The molecule has 9 heavy (non-hydrogen) atoms. The fourth-order valence-corrected chi connectivity index (χ4v) is 1.05. The lowest BCUT2D eigenvalue weighted by Crippen LogP contribution is -2.53. The lowest BCUT2D eigenvalue weighted by atomic mass is 9.78. The number of carbonyl (C=O) groups is 1. The number of hydrogen-bond acceptors (Lipinski definition) is 2. The van der Waals surface area contributed by atoms with Gasteiger partial charge in [-0.15, -0.1) is 0 Å².